The van der Waals surface area contributed by atoms with Gasteiger partial charge in [-0.15, -0.1) is 10.2 Å². The zero-order chi connectivity index (χ0) is 19.8. The fraction of sp³-hybridized carbons (Fsp3) is 0.476. The maximum atomic E-state index is 10.3. The molecular formula is C21H26N6O2. The van der Waals surface area contributed by atoms with Gasteiger partial charge in [0.25, 0.3) is 0 Å². The summed E-state index contributed by atoms with van der Waals surface area (Å²) in [5, 5.41) is 19.4. The third-order valence-corrected chi connectivity index (χ3v) is 5.82. The number of aliphatic hydroxyl groups is 1. The van der Waals surface area contributed by atoms with E-state index in [9.17, 15) is 5.11 Å². The van der Waals surface area contributed by atoms with Crippen LogP contribution in [0.15, 0.2) is 41.1 Å². The van der Waals surface area contributed by atoms with Crippen molar-refractivity contribution in [1.29, 1.82) is 0 Å². The number of furan rings is 1. The topological polar surface area (TPSA) is 83.5 Å². The van der Waals surface area contributed by atoms with Crippen LogP contribution in [-0.4, -0.2) is 53.8 Å². The van der Waals surface area contributed by atoms with E-state index in [0.29, 0.717) is 13.0 Å². The maximum absolute atomic E-state index is 10.3. The van der Waals surface area contributed by atoms with Gasteiger partial charge in [-0.2, -0.15) is 0 Å². The zero-order valence-electron chi connectivity index (χ0n) is 16.6. The Kier molecular flexibility index (Phi) is 4.91. The third kappa shape index (κ3) is 3.83. The number of aromatic nitrogens is 4. The van der Waals surface area contributed by atoms with Crippen LogP contribution in [0.4, 0.5) is 0 Å². The second kappa shape index (κ2) is 7.70. The molecule has 3 aromatic rings. The van der Waals surface area contributed by atoms with Crippen LogP contribution < -0.4 is 0 Å². The molecule has 0 aromatic carbocycles. The maximum Gasteiger partial charge on any atom is 0.150 e. The summed E-state index contributed by atoms with van der Waals surface area (Å²) in [6, 6.07) is 8.14. The van der Waals surface area contributed by atoms with Crippen LogP contribution in [0.5, 0.6) is 0 Å². The fourth-order valence-electron chi connectivity index (χ4n) is 4.45. The lowest BCUT2D eigenvalue weighted by Gasteiger charge is -2.29. The Labute approximate surface area is 169 Å². The van der Waals surface area contributed by atoms with Gasteiger partial charge in [0.2, 0.25) is 0 Å². The number of hydrogen-bond donors (Lipinski definition) is 1. The summed E-state index contributed by atoms with van der Waals surface area (Å²) in [7, 11) is 0. The fourth-order valence-corrected chi connectivity index (χ4v) is 4.45. The van der Waals surface area contributed by atoms with Crippen molar-refractivity contribution in [1.82, 2.24) is 29.5 Å². The van der Waals surface area contributed by atoms with E-state index in [0.717, 1.165) is 61.5 Å². The quantitative estimate of drug-likeness (QED) is 0.708. The van der Waals surface area contributed by atoms with Crippen LogP contribution in [-0.2, 0) is 26.2 Å². The molecule has 2 aliphatic rings. The average Bonchev–Trinajstić information content (AvgIpc) is 3.41. The number of aliphatic hydroxyl groups excluding tert-OH is 1. The van der Waals surface area contributed by atoms with Crippen molar-refractivity contribution in [2.45, 2.75) is 51.7 Å². The van der Waals surface area contributed by atoms with Crippen LogP contribution in [0.1, 0.15) is 41.2 Å². The van der Waals surface area contributed by atoms with Gasteiger partial charge < -0.3 is 14.1 Å². The highest BCUT2D eigenvalue weighted by molar-refractivity contribution is 5.13. The van der Waals surface area contributed by atoms with E-state index in [-0.39, 0.29) is 12.1 Å². The first kappa shape index (κ1) is 18.5. The molecule has 3 aromatic heterocycles. The zero-order valence-corrected chi connectivity index (χ0v) is 16.6. The molecule has 152 valence electrons. The number of hydrogen-bond acceptors (Lipinski definition) is 7. The summed E-state index contributed by atoms with van der Waals surface area (Å²) in [5.74, 6) is 3.87. The van der Waals surface area contributed by atoms with Crippen LogP contribution in [0.25, 0.3) is 0 Å². The van der Waals surface area contributed by atoms with Crippen molar-refractivity contribution >= 4 is 0 Å². The van der Waals surface area contributed by atoms with Crippen molar-refractivity contribution in [2.75, 3.05) is 13.1 Å². The van der Waals surface area contributed by atoms with Gasteiger partial charge in [0.05, 0.1) is 25.2 Å². The van der Waals surface area contributed by atoms with E-state index < -0.39 is 0 Å². The van der Waals surface area contributed by atoms with Crippen LogP contribution in [0.2, 0.25) is 0 Å². The molecule has 8 heteroatoms. The largest absolute Gasteiger partial charge is 0.465 e. The number of nitrogens with zero attached hydrogens (tertiary/aromatic N) is 6. The third-order valence-electron chi connectivity index (χ3n) is 5.82. The minimum Gasteiger partial charge on any atom is -0.465 e. The Morgan fingerprint density at radius 3 is 2.90 bits per heavy atom. The second-order valence-corrected chi connectivity index (χ2v) is 8.05. The Morgan fingerprint density at radius 1 is 1.17 bits per heavy atom. The van der Waals surface area contributed by atoms with Crippen LogP contribution >= 0.6 is 0 Å². The normalized spacial score (nSPS) is 22.8. The van der Waals surface area contributed by atoms with Crippen molar-refractivity contribution in [3.05, 3.63) is 65.4 Å². The van der Waals surface area contributed by atoms with Gasteiger partial charge in [0.15, 0.2) is 5.82 Å². The number of aryl methyl sites for hydroxylation is 1. The van der Waals surface area contributed by atoms with Gasteiger partial charge in [0.1, 0.15) is 17.3 Å². The molecule has 0 spiro atoms. The Balaban J connectivity index is 1.32. The lowest BCUT2D eigenvalue weighted by molar-refractivity contribution is 0.170. The number of β-amino-alcohol motifs (C(OH)–C–C–N with tert-alkyl or cyclic N) is 1. The highest BCUT2D eigenvalue weighted by atomic mass is 16.3. The number of likely N-dealkylation sites (tertiary alicyclic amines) is 1. The van der Waals surface area contributed by atoms with Gasteiger partial charge in [-0.1, -0.05) is 6.07 Å². The molecule has 0 bridgehead atoms. The van der Waals surface area contributed by atoms with Gasteiger partial charge in [-0.25, -0.2) is 0 Å². The first-order valence-corrected chi connectivity index (χ1v) is 10.2. The molecule has 1 N–H and O–H groups in total. The molecule has 0 unspecified atom stereocenters. The van der Waals surface area contributed by atoms with Crippen molar-refractivity contribution in [3.63, 3.8) is 0 Å². The van der Waals surface area contributed by atoms with E-state index in [1.807, 2.05) is 31.3 Å². The van der Waals surface area contributed by atoms with Gasteiger partial charge in [0, 0.05) is 38.6 Å². The highest BCUT2D eigenvalue weighted by Crippen LogP contribution is 2.33. The van der Waals surface area contributed by atoms with E-state index in [1.165, 1.54) is 0 Å². The summed E-state index contributed by atoms with van der Waals surface area (Å²) < 4.78 is 7.96. The van der Waals surface area contributed by atoms with Gasteiger partial charge in [-0.3, -0.25) is 14.8 Å². The molecule has 5 heterocycles. The molecule has 5 rings (SSSR count). The molecule has 29 heavy (non-hydrogen) atoms. The van der Waals surface area contributed by atoms with Gasteiger partial charge in [-0.05, 0) is 37.1 Å². The minimum atomic E-state index is -0.341. The lowest BCUT2D eigenvalue weighted by Crippen LogP contribution is -2.35. The molecule has 0 amide bonds. The lowest BCUT2D eigenvalue weighted by atomic mass is 10.1. The summed E-state index contributed by atoms with van der Waals surface area (Å²) in [4.78, 5) is 8.84. The molecule has 8 nitrogen and oxygen atoms in total. The molecule has 0 radical (unpaired) electrons. The summed E-state index contributed by atoms with van der Waals surface area (Å²) in [5.41, 5.74) is 1.14. The van der Waals surface area contributed by atoms with E-state index >= 15 is 0 Å². The Morgan fingerprint density at radius 2 is 2.10 bits per heavy atom. The predicted molar refractivity (Wildman–Crippen MR) is 106 cm³/mol. The summed E-state index contributed by atoms with van der Waals surface area (Å²) in [6.07, 6.45) is 4.01. The molecule has 2 atom stereocenters. The van der Waals surface area contributed by atoms with Crippen molar-refractivity contribution in [2.24, 2.45) is 0 Å². The second-order valence-electron chi connectivity index (χ2n) is 8.05. The first-order valence-electron chi connectivity index (χ1n) is 10.2. The molecule has 0 aliphatic carbocycles. The minimum absolute atomic E-state index is 0.0747. The van der Waals surface area contributed by atoms with Crippen molar-refractivity contribution in [3.8, 4) is 0 Å². The molecule has 1 fully saturated rings. The Bertz CT molecular complexity index is 969. The molecule has 1 saturated heterocycles. The summed E-state index contributed by atoms with van der Waals surface area (Å²) in [6.45, 7) is 6.68. The molecule has 2 aliphatic heterocycles. The monoisotopic (exact) mass is 394 g/mol. The SMILES string of the molecule is Cc1ccc(CN2CCn3c(nnc3[C@@H]3C[C@@H](O)CN3Cc3cccnc3)C2)o1. The van der Waals surface area contributed by atoms with Crippen molar-refractivity contribution < 1.29 is 9.52 Å². The summed E-state index contributed by atoms with van der Waals surface area (Å²) >= 11 is 0. The van der Waals surface area contributed by atoms with E-state index in [1.54, 1.807) is 6.20 Å². The number of pyridine rings is 1. The standard InChI is InChI=1S/C21H26N6O2/c1-15-4-5-18(29-15)13-25-7-8-27-20(14-25)23-24-21(27)19-9-17(28)12-26(19)11-16-3-2-6-22-10-16/h2-6,10,17,19,28H,7-9,11-14H2,1H3/t17-,19+/m1/s1. The predicted octanol–water partition coefficient (Wildman–Crippen LogP) is 1.90. The highest BCUT2D eigenvalue weighted by Gasteiger charge is 2.36. The average molecular weight is 394 g/mol. The molecule has 0 saturated carbocycles. The van der Waals surface area contributed by atoms with Crippen LogP contribution in [0, 0.1) is 6.92 Å². The first-order chi connectivity index (χ1) is 14.2. The van der Waals surface area contributed by atoms with Crippen LogP contribution in [0.3, 0.4) is 0 Å². The Hall–Kier alpha value is -2.55. The smallest absolute Gasteiger partial charge is 0.150 e. The number of rotatable bonds is 5. The van der Waals surface area contributed by atoms with E-state index in [2.05, 4.69) is 35.6 Å². The number of fused-ring (bicyclic) bond motifs is 1. The molecular weight excluding hydrogens is 368 g/mol. The van der Waals surface area contributed by atoms with E-state index in [4.69, 9.17) is 4.42 Å². The van der Waals surface area contributed by atoms with Gasteiger partial charge >= 0.3 is 0 Å².